The van der Waals surface area contributed by atoms with Gasteiger partial charge in [-0.2, -0.15) is 0 Å². The van der Waals surface area contributed by atoms with E-state index in [2.05, 4.69) is 5.32 Å². The Balaban J connectivity index is 2.45. The molecule has 14 heavy (non-hydrogen) atoms. The molecule has 0 saturated carbocycles. The normalized spacial score (nSPS) is 19.0. The van der Waals surface area contributed by atoms with E-state index >= 15 is 0 Å². The molecule has 1 aliphatic heterocycles. The summed E-state index contributed by atoms with van der Waals surface area (Å²) in [4.78, 5) is 11.3. The fourth-order valence-corrected chi connectivity index (χ4v) is 1.78. The van der Waals surface area contributed by atoms with Crippen LogP contribution in [0.2, 0.25) is 0 Å². The summed E-state index contributed by atoms with van der Waals surface area (Å²) < 4.78 is 0. The van der Waals surface area contributed by atoms with Crippen molar-refractivity contribution in [1.82, 2.24) is 5.32 Å². The van der Waals surface area contributed by atoms with Gasteiger partial charge in [0.15, 0.2) is 0 Å². The minimum absolute atomic E-state index is 0.00569. The van der Waals surface area contributed by atoms with Crippen molar-refractivity contribution in [2.45, 2.75) is 19.4 Å². The lowest BCUT2D eigenvalue weighted by molar-refractivity contribution is -0.116. The summed E-state index contributed by atoms with van der Waals surface area (Å²) in [6.45, 7) is 4.02. The minimum atomic E-state index is -0.252. The SMILES string of the molecule is CC1(C)NC(=O)C=C1c1ccccc1. The molecular formula is C12H13NO. The second-order valence-electron chi connectivity index (χ2n) is 4.04. The lowest BCUT2D eigenvalue weighted by atomic mass is 9.91. The Labute approximate surface area is 83.6 Å². The molecule has 1 N–H and O–H groups in total. The third kappa shape index (κ3) is 1.43. The van der Waals surface area contributed by atoms with E-state index in [0.29, 0.717) is 0 Å². The lowest BCUT2D eigenvalue weighted by Crippen LogP contribution is -2.37. The predicted molar refractivity (Wildman–Crippen MR) is 56.6 cm³/mol. The molecule has 2 rings (SSSR count). The largest absolute Gasteiger partial charge is 0.344 e. The van der Waals surface area contributed by atoms with Gasteiger partial charge in [-0.05, 0) is 25.0 Å². The number of carbonyl (C=O) groups excluding carboxylic acids is 1. The zero-order chi connectivity index (χ0) is 10.2. The molecule has 2 nitrogen and oxygen atoms in total. The minimum Gasteiger partial charge on any atom is -0.344 e. The zero-order valence-corrected chi connectivity index (χ0v) is 8.37. The van der Waals surface area contributed by atoms with Crippen LogP contribution in [0.1, 0.15) is 19.4 Å². The fourth-order valence-electron chi connectivity index (χ4n) is 1.78. The first-order chi connectivity index (χ1) is 6.59. The molecule has 0 aliphatic carbocycles. The average Bonchev–Trinajstić information content (AvgIpc) is 2.41. The van der Waals surface area contributed by atoms with Gasteiger partial charge in [0.25, 0.3) is 0 Å². The number of hydrogen-bond acceptors (Lipinski definition) is 1. The van der Waals surface area contributed by atoms with Gasteiger partial charge in [-0.1, -0.05) is 30.3 Å². The summed E-state index contributed by atoms with van der Waals surface area (Å²) >= 11 is 0. The van der Waals surface area contributed by atoms with Gasteiger partial charge < -0.3 is 5.32 Å². The highest BCUT2D eigenvalue weighted by atomic mass is 16.1. The Bertz CT molecular complexity index is 390. The van der Waals surface area contributed by atoms with Crippen LogP contribution in [0, 0.1) is 0 Å². The molecule has 2 heteroatoms. The Hall–Kier alpha value is -1.57. The first-order valence-corrected chi connectivity index (χ1v) is 4.69. The van der Waals surface area contributed by atoms with Crippen molar-refractivity contribution in [3.8, 4) is 0 Å². The van der Waals surface area contributed by atoms with Gasteiger partial charge in [0.05, 0.1) is 5.54 Å². The second kappa shape index (κ2) is 2.98. The number of hydrogen-bond donors (Lipinski definition) is 1. The highest BCUT2D eigenvalue weighted by Crippen LogP contribution is 2.30. The fraction of sp³-hybridized carbons (Fsp3) is 0.250. The van der Waals surface area contributed by atoms with Crippen molar-refractivity contribution in [3.63, 3.8) is 0 Å². The van der Waals surface area contributed by atoms with E-state index in [1.807, 2.05) is 44.2 Å². The van der Waals surface area contributed by atoms with Gasteiger partial charge in [0.2, 0.25) is 5.91 Å². The van der Waals surface area contributed by atoms with E-state index in [9.17, 15) is 4.79 Å². The smallest absolute Gasteiger partial charge is 0.245 e. The third-order valence-electron chi connectivity index (χ3n) is 2.47. The van der Waals surface area contributed by atoms with Crippen LogP contribution >= 0.6 is 0 Å². The average molecular weight is 187 g/mol. The molecule has 0 spiro atoms. The van der Waals surface area contributed by atoms with Gasteiger partial charge in [-0.15, -0.1) is 0 Å². The molecule has 0 radical (unpaired) electrons. The van der Waals surface area contributed by atoms with Crippen molar-refractivity contribution in [1.29, 1.82) is 0 Å². The number of amides is 1. The van der Waals surface area contributed by atoms with E-state index in [1.54, 1.807) is 6.08 Å². The third-order valence-corrected chi connectivity index (χ3v) is 2.47. The predicted octanol–water partition coefficient (Wildman–Crippen LogP) is 1.98. The molecule has 1 amide bonds. The summed E-state index contributed by atoms with van der Waals surface area (Å²) in [5.74, 6) is -0.00569. The molecule has 0 unspecified atom stereocenters. The maximum absolute atomic E-state index is 11.3. The standard InChI is InChI=1S/C12H13NO/c1-12(2)10(8-11(14)13-12)9-6-4-3-5-7-9/h3-8H,1-2H3,(H,13,14). The molecule has 0 atom stereocenters. The molecule has 1 heterocycles. The summed E-state index contributed by atoms with van der Waals surface area (Å²) in [7, 11) is 0. The second-order valence-corrected chi connectivity index (χ2v) is 4.04. The number of nitrogens with one attached hydrogen (secondary N) is 1. The Morgan fingerprint density at radius 2 is 1.79 bits per heavy atom. The van der Waals surface area contributed by atoms with Crippen molar-refractivity contribution in [3.05, 3.63) is 42.0 Å². The first kappa shape index (κ1) is 9.00. The van der Waals surface area contributed by atoms with Gasteiger partial charge in [-0.25, -0.2) is 0 Å². The maximum atomic E-state index is 11.3. The summed E-state index contributed by atoms with van der Waals surface area (Å²) in [6, 6.07) is 9.98. The molecular weight excluding hydrogens is 174 g/mol. The van der Waals surface area contributed by atoms with E-state index in [4.69, 9.17) is 0 Å². The Morgan fingerprint density at radius 1 is 1.14 bits per heavy atom. The van der Waals surface area contributed by atoms with Crippen molar-refractivity contribution in [2.75, 3.05) is 0 Å². The van der Waals surface area contributed by atoms with Crippen molar-refractivity contribution >= 4 is 11.5 Å². The molecule has 1 aromatic carbocycles. The summed E-state index contributed by atoms with van der Waals surface area (Å²) in [6.07, 6.45) is 1.68. The molecule has 0 aromatic heterocycles. The van der Waals surface area contributed by atoms with Crippen LogP contribution in [-0.4, -0.2) is 11.4 Å². The van der Waals surface area contributed by atoms with Gasteiger partial charge in [-0.3, -0.25) is 4.79 Å². The van der Waals surface area contributed by atoms with Crippen molar-refractivity contribution < 1.29 is 4.79 Å². The Kier molecular flexibility index (Phi) is 1.92. The van der Waals surface area contributed by atoms with Crippen LogP contribution in [-0.2, 0) is 4.79 Å². The molecule has 1 aromatic rings. The van der Waals surface area contributed by atoms with Gasteiger partial charge in [0.1, 0.15) is 0 Å². The molecule has 0 saturated heterocycles. The van der Waals surface area contributed by atoms with Gasteiger partial charge >= 0.3 is 0 Å². The highest BCUT2D eigenvalue weighted by Gasteiger charge is 2.31. The molecule has 0 bridgehead atoms. The first-order valence-electron chi connectivity index (χ1n) is 4.69. The molecule has 1 aliphatic rings. The molecule has 72 valence electrons. The van der Waals surface area contributed by atoms with Crippen LogP contribution in [0.15, 0.2) is 36.4 Å². The number of carbonyl (C=O) groups is 1. The topological polar surface area (TPSA) is 29.1 Å². The van der Waals surface area contributed by atoms with Gasteiger partial charge in [0, 0.05) is 6.08 Å². The number of benzene rings is 1. The van der Waals surface area contributed by atoms with E-state index < -0.39 is 0 Å². The van der Waals surface area contributed by atoms with E-state index in [0.717, 1.165) is 11.1 Å². The zero-order valence-electron chi connectivity index (χ0n) is 8.37. The van der Waals surface area contributed by atoms with Crippen LogP contribution in [0.4, 0.5) is 0 Å². The van der Waals surface area contributed by atoms with Crippen LogP contribution in [0.25, 0.3) is 5.57 Å². The Morgan fingerprint density at radius 3 is 2.29 bits per heavy atom. The van der Waals surface area contributed by atoms with Crippen molar-refractivity contribution in [2.24, 2.45) is 0 Å². The molecule has 0 fully saturated rings. The monoisotopic (exact) mass is 187 g/mol. The van der Waals surface area contributed by atoms with Crippen LogP contribution in [0.5, 0.6) is 0 Å². The number of rotatable bonds is 1. The van der Waals surface area contributed by atoms with E-state index in [1.165, 1.54) is 0 Å². The lowest BCUT2D eigenvalue weighted by Gasteiger charge is -2.22. The van der Waals surface area contributed by atoms with E-state index in [-0.39, 0.29) is 11.4 Å². The quantitative estimate of drug-likeness (QED) is 0.715. The summed E-state index contributed by atoms with van der Waals surface area (Å²) in [5, 5.41) is 2.91. The summed E-state index contributed by atoms with van der Waals surface area (Å²) in [5.41, 5.74) is 1.91. The maximum Gasteiger partial charge on any atom is 0.245 e. The highest BCUT2D eigenvalue weighted by molar-refractivity contribution is 6.03. The van der Waals surface area contributed by atoms with Crippen LogP contribution in [0.3, 0.4) is 0 Å². The van der Waals surface area contributed by atoms with Crippen LogP contribution < -0.4 is 5.32 Å².